The zero-order valence-corrected chi connectivity index (χ0v) is 10.7. The Kier molecular flexibility index (Phi) is 4.10. The van der Waals surface area contributed by atoms with Crippen LogP contribution in [-0.2, 0) is 15.6 Å². The van der Waals surface area contributed by atoms with Gasteiger partial charge in [0, 0.05) is 0 Å². The molecule has 1 N–H and O–H groups in total. The van der Waals surface area contributed by atoms with Gasteiger partial charge in [0.2, 0.25) is 0 Å². The smallest absolute Gasteiger partial charge is 0.159 e. The summed E-state index contributed by atoms with van der Waals surface area (Å²) in [6, 6.07) is 7.41. The molecule has 2 unspecified atom stereocenters. The minimum Gasteiger partial charge on any atom is -0.392 e. The average Bonchev–Trinajstić information content (AvgIpc) is 2.15. The fraction of sp³-hybridized carbons (Fsp3) is 0.500. The van der Waals surface area contributed by atoms with E-state index in [4.69, 9.17) is 0 Å². The van der Waals surface area contributed by atoms with Gasteiger partial charge in [-0.25, -0.2) is 8.42 Å². The third-order valence-electron chi connectivity index (χ3n) is 2.70. The second kappa shape index (κ2) is 4.97. The molecule has 1 rings (SSSR count). The Labute approximate surface area is 97.0 Å². The summed E-state index contributed by atoms with van der Waals surface area (Å²) in [6.07, 6.45) is -0.838. The van der Waals surface area contributed by atoms with Crippen LogP contribution in [0.4, 0.5) is 0 Å². The van der Waals surface area contributed by atoms with Gasteiger partial charge < -0.3 is 5.11 Å². The first-order chi connectivity index (χ1) is 7.33. The van der Waals surface area contributed by atoms with Crippen LogP contribution in [0.2, 0.25) is 0 Å². The molecule has 0 heterocycles. The monoisotopic (exact) mass is 242 g/mol. The topological polar surface area (TPSA) is 54.4 Å². The van der Waals surface area contributed by atoms with E-state index in [2.05, 4.69) is 0 Å². The van der Waals surface area contributed by atoms with E-state index in [1.54, 1.807) is 6.07 Å². The second-order valence-electron chi connectivity index (χ2n) is 4.24. The van der Waals surface area contributed by atoms with Crippen LogP contribution in [0.3, 0.4) is 0 Å². The van der Waals surface area contributed by atoms with Crippen molar-refractivity contribution in [1.29, 1.82) is 0 Å². The molecule has 2 atom stereocenters. The molecule has 0 bridgehead atoms. The maximum Gasteiger partial charge on any atom is 0.159 e. The van der Waals surface area contributed by atoms with E-state index in [-0.39, 0.29) is 5.75 Å². The lowest BCUT2D eigenvalue weighted by atomic mass is 10.2. The Bertz CT molecular complexity index is 449. The fourth-order valence-corrected chi connectivity index (χ4v) is 2.97. The van der Waals surface area contributed by atoms with Gasteiger partial charge in [-0.3, -0.25) is 0 Å². The molecule has 0 amide bonds. The zero-order valence-electron chi connectivity index (χ0n) is 9.84. The zero-order chi connectivity index (χ0) is 12.3. The summed E-state index contributed by atoms with van der Waals surface area (Å²) in [5.74, 6) is -0.0131. The Balaban J connectivity index is 2.89. The third kappa shape index (κ3) is 3.32. The highest BCUT2D eigenvalue weighted by molar-refractivity contribution is 7.91. The molecule has 90 valence electrons. The first-order valence-corrected chi connectivity index (χ1v) is 6.99. The van der Waals surface area contributed by atoms with Crippen LogP contribution in [0.25, 0.3) is 0 Å². The standard InChI is InChI=1S/C12H18O3S/c1-9-5-4-6-12(7-9)8-16(14,15)11(3)10(2)13/h4-7,10-11,13H,8H2,1-3H3. The summed E-state index contributed by atoms with van der Waals surface area (Å²) >= 11 is 0. The van der Waals surface area contributed by atoms with Gasteiger partial charge >= 0.3 is 0 Å². The highest BCUT2D eigenvalue weighted by Gasteiger charge is 2.25. The van der Waals surface area contributed by atoms with Crippen LogP contribution < -0.4 is 0 Å². The van der Waals surface area contributed by atoms with Crippen LogP contribution in [0, 0.1) is 6.92 Å². The van der Waals surface area contributed by atoms with Crippen molar-refractivity contribution in [1.82, 2.24) is 0 Å². The second-order valence-corrected chi connectivity index (χ2v) is 6.60. The van der Waals surface area contributed by atoms with Crippen molar-refractivity contribution in [3.05, 3.63) is 35.4 Å². The third-order valence-corrected chi connectivity index (χ3v) is 4.96. The molecule has 0 spiro atoms. The van der Waals surface area contributed by atoms with Crippen molar-refractivity contribution in [3.8, 4) is 0 Å². The summed E-state index contributed by atoms with van der Waals surface area (Å²) in [4.78, 5) is 0. The summed E-state index contributed by atoms with van der Waals surface area (Å²) in [6.45, 7) is 4.96. The van der Waals surface area contributed by atoms with E-state index < -0.39 is 21.2 Å². The molecule has 1 aromatic rings. The SMILES string of the molecule is Cc1cccc(CS(=O)(=O)C(C)C(C)O)c1. The number of rotatable bonds is 4. The molecule has 0 aliphatic heterocycles. The minimum atomic E-state index is -3.28. The number of hydrogen-bond donors (Lipinski definition) is 1. The van der Waals surface area contributed by atoms with Crippen LogP contribution >= 0.6 is 0 Å². The van der Waals surface area contributed by atoms with Gasteiger partial charge in [-0.1, -0.05) is 29.8 Å². The highest BCUT2D eigenvalue weighted by Crippen LogP contribution is 2.14. The molecule has 0 saturated carbocycles. The lowest BCUT2D eigenvalue weighted by molar-refractivity contribution is 0.193. The average molecular weight is 242 g/mol. The Morgan fingerprint density at radius 1 is 1.31 bits per heavy atom. The van der Waals surface area contributed by atoms with Crippen molar-refractivity contribution in [2.75, 3.05) is 0 Å². The maximum atomic E-state index is 11.9. The predicted octanol–water partition coefficient (Wildman–Crippen LogP) is 1.68. The van der Waals surface area contributed by atoms with Crippen LogP contribution in [0.15, 0.2) is 24.3 Å². The Morgan fingerprint density at radius 2 is 1.94 bits per heavy atom. The first-order valence-electron chi connectivity index (χ1n) is 5.28. The van der Waals surface area contributed by atoms with Crippen molar-refractivity contribution in [3.63, 3.8) is 0 Å². The highest BCUT2D eigenvalue weighted by atomic mass is 32.2. The van der Waals surface area contributed by atoms with Gasteiger partial charge in [0.25, 0.3) is 0 Å². The van der Waals surface area contributed by atoms with Crippen LogP contribution in [-0.4, -0.2) is 24.9 Å². The molecule has 3 nitrogen and oxygen atoms in total. The lowest BCUT2D eigenvalue weighted by Crippen LogP contribution is -2.30. The fourth-order valence-electron chi connectivity index (χ4n) is 1.47. The molecule has 0 aliphatic rings. The van der Waals surface area contributed by atoms with E-state index in [0.29, 0.717) is 0 Å². The summed E-state index contributed by atoms with van der Waals surface area (Å²) in [7, 11) is -3.28. The van der Waals surface area contributed by atoms with E-state index in [9.17, 15) is 13.5 Å². The summed E-state index contributed by atoms with van der Waals surface area (Å²) < 4.78 is 23.8. The van der Waals surface area contributed by atoms with Crippen molar-refractivity contribution < 1.29 is 13.5 Å². The number of aryl methyl sites for hydroxylation is 1. The van der Waals surface area contributed by atoms with E-state index >= 15 is 0 Å². The molecule has 0 radical (unpaired) electrons. The number of aliphatic hydroxyl groups is 1. The van der Waals surface area contributed by atoms with E-state index in [1.807, 2.05) is 25.1 Å². The van der Waals surface area contributed by atoms with Gasteiger partial charge in [0.1, 0.15) is 0 Å². The summed E-state index contributed by atoms with van der Waals surface area (Å²) in [5, 5.41) is 8.58. The predicted molar refractivity (Wildman–Crippen MR) is 64.9 cm³/mol. The van der Waals surface area contributed by atoms with Crippen molar-refractivity contribution in [2.24, 2.45) is 0 Å². The normalized spacial score (nSPS) is 15.8. The molecular formula is C12H18O3S. The first kappa shape index (κ1) is 13.2. The maximum absolute atomic E-state index is 11.9. The molecule has 0 aliphatic carbocycles. The van der Waals surface area contributed by atoms with Crippen LogP contribution in [0.1, 0.15) is 25.0 Å². The molecule has 1 aromatic carbocycles. The van der Waals surface area contributed by atoms with Crippen LogP contribution in [0.5, 0.6) is 0 Å². The molecule has 16 heavy (non-hydrogen) atoms. The van der Waals surface area contributed by atoms with Gasteiger partial charge in [0.05, 0.1) is 17.1 Å². The van der Waals surface area contributed by atoms with Gasteiger partial charge in [0.15, 0.2) is 9.84 Å². The molecule has 0 fully saturated rings. The van der Waals surface area contributed by atoms with Gasteiger partial charge in [-0.2, -0.15) is 0 Å². The quantitative estimate of drug-likeness (QED) is 0.874. The Hall–Kier alpha value is -0.870. The number of aliphatic hydroxyl groups excluding tert-OH is 1. The van der Waals surface area contributed by atoms with E-state index in [1.165, 1.54) is 13.8 Å². The Morgan fingerprint density at radius 3 is 2.44 bits per heavy atom. The molecular weight excluding hydrogens is 224 g/mol. The summed E-state index contributed by atoms with van der Waals surface area (Å²) in [5.41, 5.74) is 1.81. The van der Waals surface area contributed by atoms with Crippen molar-refractivity contribution in [2.45, 2.75) is 37.9 Å². The molecule has 0 aromatic heterocycles. The van der Waals surface area contributed by atoms with E-state index in [0.717, 1.165) is 11.1 Å². The van der Waals surface area contributed by atoms with Crippen molar-refractivity contribution >= 4 is 9.84 Å². The molecule has 0 saturated heterocycles. The number of hydrogen-bond acceptors (Lipinski definition) is 3. The molecule has 4 heteroatoms. The van der Waals surface area contributed by atoms with Gasteiger partial charge in [-0.15, -0.1) is 0 Å². The largest absolute Gasteiger partial charge is 0.392 e. The van der Waals surface area contributed by atoms with Gasteiger partial charge in [-0.05, 0) is 26.3 Å². The minimum absolute atomic E-state index is 0.0131. The lowest BCUT2D eigenvalue weighted by Gasteiger charge is -2.15. The number of benzene rings is 1. The number of sulfone groups is 1.